The van der Waals surface area contributed by atoms with Crippen molar-refractivity contribution in [2.45, 2.75) is 44.3 Å². The number of aromatic nitrogens is 2. The van der Waals surface area contributed by atoms with Gasteiger partial charge in [-0.1, -0.05) is 6.92 Å². The largest absolute Gasteiger partial charge is 0.418 e. The Bertz CT molecular complexity index is 964. The van der Waals surface area contributed by atoms with Gasteiger partial charge in [0, 0.05) is 50.3 Å². The van der Waals surface area contributed by atoms with Crippen LogP contribution in [-0.2, 0) is 11.0 Å². The van der Waals surface area contributed by atoms with E-state index in [2.05, 4.69) is 15.3 Å². The van der Waals surface area contributed by atoms with E-state index >= 15 is 0 Å². The molecule has 1 aliphatic carbocycles. The van der Waals surface area contributed by atoms with Crippen LogP contribution < -0.4 is 10.2 Å². The van der Waals surface area contributed by atoms with Gasteiger partial charge in [0.15, 0.2) is 0 Å². The fraction of sp³-hybridized carbons (Fsp3) is 0.550. The Morgan fingerprint density at radius 2 is 1.87 bits per heavy atom. The van der Waals surface area contributed by atoms with Crippen LogP contribution >= 0.6 is 0 Å². The maximum atomic E-state index is 13.3. The summed E-state index contributed by atoms with van der Waals surface area (Å²) in [6.45, 7) is 2.90. The Balaban J connectivity index is 1.55. The van der Waals surface area contributed by atoms with E-state index in [0.29, 0.717) is 25.2 Å². The highest BCUT2D eigenvalue weighted by atomic mass is 19.4. The molecule has 1 aliphatic heterocycles. The number of hydrogen-bond acceptors (Lipinski definition) is 4. The third-order valence-corrected chi connectivity index (χ3v) is 5.66. The number of hydrogen-bond donors (Lipinski definition) is 1. The third kappa shape index (κ3) is 4.17. The molecule has 4 rings (SSSR count). The van der Waals surface area contributed by atoms with E-state index < -0.39 is 29.5 Å². The Labute approximate surface area is 169 Å². The van der Waals surface area contributed by atoms with E-state index in [4.69, 9.17) is 0 Å². The number of amides is 1. The van der Waals surface area contributed by atoms with E-state index in [-0.39, 0.29) is 35.8 Å². The number of carbonyl (C=O) groups is 1. The van der Waals surface area contributed by atoms with E-state index in [1.54, 1.807) is 0 Å². The predicted molar refractivity (Wildman–Crippen MR) is 100 cm³/mol. The molecule has 2 heterocycles. The van der Waals surface area contributed by atoms with Gasteiger partial charge in [-0.3, -0.25) is 14.8 Å². The van der Waals surface area contributed by atoms with Crippen LogP contribution in [0.25, 0.3) is 11.0 Å². The zero-order valence-electron chi connectivity index (χ0n) is 16.2. The lowest BCUT2D eigenvalue weighted by Gasteiger charge is -2.38. The summed E-state index contributed by atoms with van der Waals surface area (Å²) < 4.78 is 66.2. The second-order valence-corrected chi connectivity index (χ2v) is 8.26. The molecule has 1 aromatic heterocycles. The Hall–Kier alpha value is -2.52. The quantitative estimate of drug-likeness (QED) is 0.748. The molecule has 1 N–H and O–H groups in total. The summed E-state index contributed by atoms with van der Waals surface area (Å²) in [6.07, 6.45) is -1.81. The standard InChI is InChI=1S/C20H21F5N4O/c1-11-6-13(28-16(30)7-12-8-19(12,21)22)10-29(9-11)15-3-2-14(20(23,24)25)17-18(15)27-5-4-26-17/h2-5,11-13H,6-10H2,1H3,(H,28,30)/t11-,12?,13+/m0/s1. The second-order valence-electron chi connectivity index (χ2n) is 8.26. The number of nitrogens with one attached hydrogen (secondary N) is 1. The molecule has 1 amide bonds. The molecule has 30 heavy (non-hydrogen) atoms. The fourth-order valence-electron chi connectivity index (χ4n) is 4.18. The van der Waals surface area contributed by atoms with Crippen molar-refractivity contribution in [2.75, 3.05) is 18.0 Å². The molecule has 0 radical (unpaired) electrons. The maximum Gasteiger partial charge on any atom is 0.418 e. The first-order valence-corrected chi connectivity index (χ1v) is 9.77. The molecule has 1 saturated heterocycles. The molecule has 0 spiro atoms. The highest BCUT2D eigenvalue weighted by Gasteiger charge is 2.57. The van der Waals surface area contributed by atoms with Crippen molar-refractivity contribution in [2.24, 2.45) is 11.8 Å². The summed E-state index contributed by atoms with van der Waals surface area (Å²) in [6, 6.07) is 2.08. The monoisotopic (exact) mass is 428 g/mol. The molecule has 0 bridgehead atoms. The molecule has 162 valence electrons. The lowest BCUT2D eigenvalue weighted by Crippen LogP contribution is -2.50. The molecular formula is C20H21F5N4O. The molecule has 3 atom stereocenters. The minimum atomic E-state index is -4.55. The number of halogens is 5. The van der Waals surface area contributed by atoms with Gasteiger partial charge in [0.25, 0.3) is 5.92 Å². The number of alkyl halides is 5. The number of rotatable bonds is 4. The summed E-state index contributed by atoms with van der Waals surface area (Å²) in [5.41, 5.74) is -0.429. The smallest absolute Gasteiger partial charge is 0.367 e. The molecule has 5 nitrogen and oxygen atoms in total. The fourth-order valence-corrected chi connectivity index (χ4v) is 4.18. The van der Waals surface area contributed by atoms with Gasteiger partial charge in [0.1, 0.15) is 11.0 Å². The molecule has 1 aromatic carbocycles. The van der Waals surface area contributed by atoms with Crippen molar-refractivity contribution in [1.82, 2.24) is 15.3 Å². The van der Waals surface area contributed by atoms with Gasteiger partial charge in [-0.2, -0.15) is 13.2 Å². The van der Waals surface area contributed by atoms with Crippen molar-refractivity contribution in [1.29, 1.82) is 0 Å². The first-order valence-electron chi connectivity index (χ1n) is 9.77. The van der Waals surface area contributed by atoms with Crippen LogP contribution in [0.1, 0.15) is 31.7 Å². The first-order chi connectivity index (χ1) is 14.0. The molecule has 10 heteroatoms. The summed E-state index contributed by atoms with van der Waals surface area (Å²) in [5.74, 6) is -3.93. The van der Waals surface area contributed by atoms with Crippen LogP contribution in [0, 0.1) is 11.8 Å². The molecule has 1 saturated carbocycles. The Kier molecular flexibility index (Phi) is 5.06. The number of piperidine rings is 1. The SMILES string of the molecule is C[C@H]1C[C@@H](NC(=O)CC2CC2(F)F)CN(c2ccc(C(F)(F)F)c3nccnc23)C1. The number of anilines is 1. The van der Waals surface area contributed by atoms with Crippen molar-refractivity contribution >= 4 is 22.6 Å². The number of nitrogens with zero attached hydrogens (tertiary/aromatic N) is 3. The molecular weight excluding hydrogens is 407 g/mol. The van der Waals surface area contributed by atoms with Crippen LogP contribution in [0.15, 0.2) is 24.5 Å². The molecule has 2 fully saturated rings. The highest BCUT2D eigenvalue weighted by Crippen LogP contribution is 2.50. The van der Waals surface area contributed by atoms with Crippen LogP contribution in [0.2, 0.25) is 0 Å². The van der Waals surface area contributed by atoms with Gasteiger partial charge < -0.3 is 10.2 Å². The van der Waals surface area contributed by atoms with E-state index in [0.717, 1.165) is 6.07 Å². The van der Waals surface area contributed by atoms with Crippen LogP contribution in [-0.4, -0.2) is 40.9 Å². The molecule has 2 aliphatic rings. The van der Waals surface area contributed by atoms with Gasteiger partial charge in [0.2, 0.25) is 5.91 Å². The van der Waals surface area contributed by atoms with Crippen molar-refractivity contribution in [3.63, 3.8) is 0 Å². The van der Waals surface area contributed by atoms with Gasteiger partial charge in [-0.05, 0) is 24.5 Å². The Morgan fingerprint density at radius 1 is 1.20 bits per heavy atom. The third-order valence-electron chi connectivity index (χ3n) is 5.66. The minimum absolute atomic E-state index is 0.139. The summed E-state index contributed by atoms with van der Waals surface area (Å²) >= 11 is 0. The van der Waals surface area contributed by atoms with Crippen LogP contribution in [0.4, 0.5) is 27.6 Å². The molecule has 2 aromatic rings. The van der Waals surface area contributed by atoms with E-state index in [1.807, 2.05) is 11.8 Å². The number of fused-ring (bicyclic) bond motifs is 1. The number of carbonyl (C=O) groups excluding carboxylic acids is 1. The average molecular weight is 428 g/mol. The normalized spacial score (nSPS) is 25.9. The van der Waals surface area contributed by atoms with Gasteiger partial charge in [-0.25, -0.2) is 8.78 Å². The lowest BCUT2D eigenvalue weighted by molar-refractivity contribution is -0.136. The van der Waals surface area contributed by atoms with Crippen LogP contribution in [0.3, 0.4) is 0 Å². The first kappa shape index (κ1) is 20.7. The molecule has 1 unspecified atom stereocenters. The lowest BCUT2D eigenvalue weighted by atomic mass is 9.94. The van der Waals surface area contributed by atoms with Crippen molar-refractivity contribution in [3.8, 4) is 0 Å². The van der Waals surface area contributed by atoms with Crippen LogP contribution in [0.5, 0.6) is 0 Å². The Morgan fingerprint density at radius 3 is 2.50 bits per heavy atom. The zero-order chi connectivity index (χ0) is 21.7. The predicted octanol–water partition coefficient (Wildman–Crippen LogP) is 4.02. The van der Waals surface area contributed by atoms with Gasteiger partial charge in [0.05, 0.1) is 11.3 Å². The second kappa shape index (κ2) is 7.31. The zero-order valence-corrected chi connectivity index (χ0v) is 16.2. The van der Waals surface area contributed by atoms with Crippen molar-refractivity contribution in [3.05, 3.63) is 30.1 Å². The summed E-state index contributed by atoms with van der Waals surface area (Å²) in [4.78, 5) is 22.1. The van der Waals surface area contributed by atoms with Crippen molar-refractivity contribution < 1.29 is 26.7 Å². The summed E-state index contributed by atoms with van der Waals surface area (Å²) in [7, 11) is 0. The van der Waals surface area contributed by atoms with E-state index in [9.17, 15) is 26.7 Å². The number of benzene rings is 1. The van der Waals surface area contributed by atoms with Gasteiger partial charge >= 0.3 is 6.18 Å². The highest BCUT2D eigenvalue weighted by molar-refractivity contribution is 5.91. The van der Waals surface area contributed by atoms with Gasteiger partial charge in [-0.15, -0.1) is 0 Å². The summed E-state index contributed by atoms with van der Waals surface area (Å²) in [5, 5.41) is 2.81. The maximum absolute atomic E-state index is 13.3. The minimum Gasteiger partial charge on any atom is -0.367 e. The van der Waals surface area contributed by atoms with E-state index in [1.165, 1.54) is 18.5 Å². The average Bonchev–Trinajstić information content (AvgIpc) is 3.24. The topological polar surface area (TPSA) is 58.1 Å².